The van der Waals surface area contributed by atoms with Crippen LogP contribution in [0.25, 0.3) is 55.2 Å². The van der Waals surface area contributed by atoms with Crippen LogP contribution in [0.1, 0.15) is 67.4 Å². The van der Waals surface area contributed by atoms with Crippen molar-refractivity contribution < 1.29 is 111 Å². The van der Waals surface area contributed by atoms with E-state index in [1.165, 1.54) is 13.1 Å². The maximum atomic E-state index is 12.7. The van der Waals surface area contributed by atoms with Crippen LogP contribution >= 0.6 is 0 Å². The van der Waals surface area contributed by atoms with Gasteiger partial charge in [-0.25, -0.2) is 24.9 Å². The summed E-state index contributed by atoms with van der Waals surface area (Å²) in [6.07, 6.45) is 6.51. The molecule has 0 amide bonds. The zero-order valence-corrected chi connectivity index (χ0v) is 76.1. The minimum atomic E-state index is -4.79. The largest absolute Gasteiger partial charge is 1.00 e. The Hall–Kier alpha value is -11.5. The van der Waals surface area contributed by atoms with E-state index in [1.54, 1.807) is 118 Å². The van der Waals surface area contributed by atoms with E-state index in [-0.39, 0.29) is 80.5 Å². The number of ether oxygens (including phenoxy) is 10. The summed E-state index contributed by atoms with van der Waals surface area (Å²) >= 11 is 0. The molecule has 0 fully saturated rings. The van der Waals surface area contributed by atoms with E-state index >= 15 is 0 Å². The Bertz CT molecular complexity index is 6170. The van der Waals surface area contributed by atoms with Gasteiger partial charge in [-0.05, 0) is 121 Å². The number of alkyl halides is 3. The van der Waals surface area contributed by atoms with Crippen molar-refractivity contribution in [3.63, 3.8) is 0 Å². The maximum absolute atomic E-state index is 12.7. The molecule has 15 rings (SSSR count). The Kier molecular flexibility index (Phi) is 33.2. The van der Waals surface area contributed by atoms with Crippen LogP contribution in [0.3, 0.4) is 0 Å². The van der Waals surface area contributed by atoms with Gasteiger partial charge in [-0.1, -0.05) is 24.3 Å². The minimum Gasteiger partial charge on any atom is -0.505 e. The first-order chi connectivity index (χ1) is 58.6. The van der Waals surface area contributed by atoms with E-state index in [0.29, 0.717) is 61.4 Å². The zero-order chi connectivity index (χ0) is 87.5. The molecule has 0 spiro atoms. The molecule has 0 radical (unpaired) electrons. The van der Waals surface area contributed by atoms with Gasteiger partial charge in [-0.2, -0.15) is 0 Å². The molecule has 5 aromatic carbocycles. The summed E-state index contributed by atoms with van der Waals surface area (Å²) in [5.41, 5.74) is 16.4. The molecule has 5 N–H and O–H groups in total. The molecule has 5 atom stereocenters. The fourth-order valence-corrected chi connectivity index (χ4v) is 17.6. The third kappa shape index (κ3) is 24.1. The van der Waals surface area contributed by atoms with Crippen molar-refractivity contribution in [1.29, 1.82) is 0 Å². The smallest absolute Gasteiger partial charge is 0.505 e. The van der Waals surface area contributed by atoms with Crippen LogP contribution in [-0.2, 0) is 87.5 Å². The summed E-state index contributed by atoms with van der Waals surface area (Å²) in [5, 5.41) is 1.96. The quantitative estimate of drug-likeness (QED) is 0.0236. The summed E-state index contributed by atoms with van der Waals surface area (Å²) in [6, 6.07) is 34.2. The first-order valence-electron chi connectivity index (χ1n) is 37.1. The number of nitrogens with zero attached hydrogens (tertiary/aromatic N) is 10. The molecule has 30 nitrogen and oxygen atoms in total. The fraction of sp³-hybridized carbons (Fsp3) is 0.262. The maximum Gasteiger partial charge on any atom is 1.00 e. The number of pyridine rings is 5. The van der Waals surface area contributed by atoms with Gasteiger partial charge < -0.3 is 72.3 Å². The predicted octanol–water partition coefficient (Wildman–Crippen LogP) is 12.0. The normalized spacial score (nSPS) is 12.4. The summed E-state index contributed by atoms with van der Waals surface area (Å²) in [5.74, 6) is 6.22. The van der Waals surface area contributed by atoms with Crippen molar-refractivity contribution in [2.24, 2.45) is 0 Å². The molecule has 15 aromatic rings. The van der Waals surface area contributed by atoms with Crippen molar-refractivity contribution in [1.82, 2.24) is 74.8 Å². The number of benzene rings is 5. The second-order valence-corrected chi connectivity index (χ2v) is 33.5. The second-order valence-electron chi connectivity index (χ2n) is 26.7. The molecule has 0 aliphatic heterocycles. The van der Waals surface area contributed by atoms with Crippen LogP contribution in [0.4, 0.5) is 13.2 Å². The van der Waals surface area contributed by atoms with Crippen molar-refractivity contribution in [3.05, 3.63) is 226 Å². The van der Waals surface area contributed by atoms with Crippen molar-refractivity contribution in [3.8, 4) is 51.7 Å². The number of fused-ring (bicyclic) bond motifs is 5. The number of hydrogen-bond acceptors (Lipinski definition) is 25. The summed E-state index contributed by atoms with van der Waals surface area (Å²) in [7, 11) is 5.86. The van der Waals surface area contributed by atoms with Crippen LogP contribution in [0, 0.1) is 48.5 Å². The Balaban J connectivity index is 0.000000161. The monoisotopic (exact) mass is 1790 g/mol. The van der Waals surface area contributed by atoms with Gasteiger partial charge in [0.05, 0.1) is 236 Å². The summed E-state index contributed by atoms with van der Waals surface area (Å²) in [4.78, 5) is 58.6. The number of aryl methyl sites for hydroxylation is 3. The molecule has 10 heterocycles. The number of nitrogens with one attached hydrogen (secondary N) is 5. The first-order valence-corrected chi connectivity index (χ1v) is 43.7. The molecule has 0 saturated heterocycles. The van der Waals surface area contributed by atoms with E-state index in [0.717, 1.165) is 129 Å². The van der Waals surface area contributed by atoms with Crippen LogP contribution in [0.5, 0.6) is 51.7 Å². The average Bonchev–Trinajstić information content (AvgIpc) is 1.54. The van der Waals surface area contributed by atoms with Crippen LogP contribution in [0.15, 0.2) is 184 Å². The number of aromatic nitrogens is 15. The van der Waals surface area contributed by atoms with Gasteiger partial charge in [-0.15, -0.1) is 13.2 Å². The molecule has 39 heteroatoms. The van der Waals surface area contributed by atoms with Crippen molar-refractivity contribution in [2.75, 3.05) is 63.5 Å². The number of rotatable bonds is 27. The van der Waals surface area contributed by atoms with Gasteiger partial charge in [0.25, 0.3) is 0 Å². The molecule has 640 valence electrons. The number of hydrogen-bond donors (Lipinski definition) is 5. The molecule has 0 aliphatic carbocycles. The molecular formula is C84H88F3N15NaO15S5+. The van der Waals surface area contributed by atoms with Crippen molar-refractivity contribution >= 4 is 109 Å². The number of imidazole rings is 5. The van der Waals surface area contributed by atoms with Gasteiger partial charge in [-0.3, -0.25) is 46.0 Å². The average molecular weight is 1790 g/mol. The SMILES string of the molecule is CO/C=C\COc1ccnc(CS(=O)c2nc3ccccc3[nH]2)c1C.COc1ccc2nc(S(=O)Cc3ncc(C)c(OC)c3C)[nH]c2c1.COc1ccc2nc(S(=O)Cc3ncc(C)c(OC)c3C)[nH]c2c1.COc1ccc2nc(S(=O)Cc3ncc(OC)c(OC)c3C)[nH]c2c1.Cc1cnc(CS(=O)c2nc3ccccc3[nH]2)cc1OC(F)(F)F.[Na+]. The standard InChI is InChI=1S/C18H19N3O3S.C17H19N3O4S.2C17H19N3O3S.C15H12F3N3O2S.Na/c1-13-16(19-9-8-17(13)24-11-5-10-23-2)12-25(22)18-20-14-6-3-4-7-15(14)21-18;1-10-14(18-8-15(23-3)16(10)24-4)9-25(21)17-19-12-6-5-11(22-2)7-13(12)20-17;2*1-10-8-18-15(11(2)16(10)23-4)9-24(21)17-19-13-6-5-12(22-3)7-14(13)20-17;1-9-7-19-10(6-13(9)23-15(16,17)18)8-24(22)14-20-11-4-2-3-5-12(11)21-14;/h3-10H,11-12H2,1-2H3,(H,20,21);5-8H,9H2,1-4H3,(H,19,20);2*5-8H,9H2,1-4H3,(H,19,20);2-7H,8H2,1H3,(H,20,21);/q;;;;;+1/b10-5-;;;;;. The molecule has 5 unspecified atom stereocenters. The minimum absolute atomic E-state index is 0. The number of aromatic amines is 5. The van der Waals surface area contributed by atoms with Gasteiger partial charge in [0.1, 0.15) is 46.9 Å². The molecule has 0 bridgehead atoms. The van der Waals surface area contributed by atoms with Crippen LogP contribution in [0.2, 0.25) is 0 Å². The molecule has 0 saturated carbocycles. The Morgan fingerprint density at radius 3 is 1.11 bits per heavy atom. The second kappa shape index (κ2) is 43.5. The molecule has 123 heavy (non-hydrogen) atoms. The topological polar surface area (TPSA) is 386 Å². The molecule has 10 aromatic heterocycles. The van der Waals surface area contributed by atoms with E-state index < -0.39 is 60.4 Å². The first kappa shape index (κ1) is 93.7. The predicted molar refractivity (Wildman–Crippen MR) is 460 cm³/mol. The van der Waals surface area contributed by atoms with Crippen molar-refractivity contribution in [2.45, 2.75) is 109 Å². The van der Waals surface area contributed by atoms with Gasteiger partial charge in [0, 0.05) is 88.0 Å². The fourth-order valence-electron chi connectivity index (χ4n) is 12.2. The van der Waals surface area contributed by atoms with Gasteiger partial charge in [0.2, 0.25) is 0 Å². The van der Waals surface area contributed by atoms with E-state index in [4.69, 9.17) is 42.6 Å². The van der Waals surface area contributed by atoms with Gasteiger partial charge in [0.15, 0.2) is 37.3 Å². The number of halogens is 3. The molecule has 0 aliphatic rings. The Morgan fingerprint density at radius 1 is 0.366 bits per heavy atom. The Morgan fingerprint density at radius 2 is 0.732 bits per heavy atom. The van der Waals surface area contributed by atoms with Crippen LogP contribution < -0.4 is 72.2 Å². The zero-order valence-electron chi connectivity index (χ0n) is 70.0. The number of para-hydroxylation sites is 4. The van der Waals surface area contributed by atoms with E-state index in [1.807, 2.05) is 126 Å². The third-order valence-electron chi connectivity index (χ3n) is 18.6. The number of H-pyrrole nitrogens is 5. The Labute approximate surface area is 740 Å². The third-order valence-corrected chi connectivity index (χ3v) is 24.4. The summed E-state index contributed by atoms with van der Waals surface area (Å²) < 4.78 is 152. The summed E-state index contributed by atoms with van der Waals surface area (Å²) in [6.45, 7) is 13.3. The number of methoxy groups -OCH3 is 8. The van der Waals surface area contributed by atoms with E-state index in [9.17, 15) is 34.2 Å². The van der Waals surface area contributed by atoms with Gasteiger partial charge >= 0.3 is 35.9 Å². The van der Waals surface area contributed by atoms with Crippen LogP contribution in [-0.4, -0.2) is 166 Å². The molecular weight excluding hydrogens is 1700 g/mol. The van der Waals surface area contributed by atoms with E-state index in [2.05, 4.69) is 79.5 Å².